The molecule has 0 bridgehead atoms. The summed E-state index contributed by atoms with van der Waals surface area (Å²) in [7, 11) is 0. The van der Waals surface area contributed by atoms with Gasteiger partial charge in [0.2, 0.25) is 0 Å². The molecule has 1 heterocycles. The van der Waals surface area contributed by atoms with Crippen LogP contribution in [0.1, 0.15) is 5.56 Å². The van der Waals surface area contributed by atoms with Crippen molar-refractivity contribution in [1.29, 1.82) is 0 Å². The summed E-state index contributed by atoms with van der Waals surface area (Å²) in [6, 6.07) is 11.3. The van der Waals surface area contributed by atoms with Gasteiger partial charge in [0.05, 0.1) is 18.9 Å². The minimum absolute atomic E-state index is 0.266. The number of hydrogen-bond acceptors (Lipinski definition) is 3. The van der Waals surface area contributed by atoms with Gasteiger partial charge in [-0.2, -0.15) is 0 Å². The molecule has 0 unspecified atom stereocenters. The molecular weight excluding hydrogens is 286 g/mol. The van der Waals surface area contributed by atoms with E-state index in [4.69, 9.17) is 4.74 Å². The van der Waals surface area contributed by atoms with Crippen LogP contribution in [0.15, 0.2) is 42.5 Å². The highest BCUT2D eigenvalue weighted by Crippen LogP contribution is 2.21. The van der Waals surface area contributed by atoms with E-state index in [9.17, 15) is 8.78 Å². The molecule has 2 aromatic rings. The normalized spacial score (nSPS) is 15.7. The van der Waals surface area contributed by atoms with Crippen LogP contribution in [0.3, 0.4) is 0 Å². The molecule has 3 nitrogen and oxygen atoms in total. The lowest BCUT2D eigenvalue weighted by Gasteiger charge is -2.26. The van der Waals surface area contributed by atoms with Gasteiger partial charge in [0.15, 0.2) is 0 Å². The highest BCUT2D eigenvalue weighted by Gasteiger charge is 2.10. The summed E-state index contributed by atoms with van der Waals surface area (Å²) in [6.07, 6.45) is 0. The zero-order chi connectivity index (χ0) is 15.4. The molecule has 1 aliphatic heterocycles. The first-order valence-corrected chi connectivity index (χ1v) is 7.32. The second-order valence-corrected chi connectivity index (χ2v) is 5.33. The molecule has 1 N–H and O–H groups in total. The average molecular weight is 304 g/mol. The van der Waals surface area contributed by atoms with Crippen molar-refractivity contribution < 1.29 is 13.5 Å². The van der Waals surface area contributed by atoms with Crippen LogP contribution in [-0.2, 0) is 11.3 Å². The Balaban J connectivity index is 1.63. The van der Waals surface area contributed by atoms with Gasteiger partial charge < -0.3 is 10.1 Å². The number of halogens is 2. The van der Waals surface area contributed by atoms with Gasteiger partial charge in [-0.25, -0.2) is 8.78 Å². The highest BCUT2D eigenvalue weighted by molar-refractivity contribution is 5.60. The van der Waals surface area contributed by atoms with Gasteiger partial charge in [-0.15, -0.1) is 0 Å². The monoisotopic (exact) mass is 304 g/mol. The molecule has 0 amide bonds. The van der Waals surface area contributed by atoms with Gasteiger partial charge in [-0.05, 0) is 29.8 Å². The van der Waals surface area contributed by atoms with Crippen molar-refractivity contribution in [3.8, 4) is 0 Å². The summed E-state index contributed by atoms with van der Waals surface area (Å²) in [6.45, 7) is 4.34. The van der Waals surface area contributed by atoms with Crippen molar-refractivity contribution in [2.75, 3.05) is 31.6 Å². The number of nitrogens with one attached hydrogen (secondary N) is 1. The molecule has 0 atom stereocenters. The molecule has 0 saturated carbocycles. The quantitative estimate of drug-likeness (QED) is 0.935. The number of morpholine rings is 1. The van der Waals surface area contributed by atoms with Crippen molar-refractivity contribution in [3.05, 3.63) is 59.7 Å². The van der Waals surface area contributed by atoms with E-state index in [2.05, 4.69) is 10.2 Å². The Morgan fingerprint density at radius 1 is 1.00 bits per heavy atom. The highest BCUT2D eigenvalue weighted by atomic mass is 19.1. The molecule has 1 aliphatic rings. The van der Waals surface area contributed by atoms with E-state index in [-0.39, 0.29) is 5.69 Å². The standard InChI is InChI=1S/C17H18F2N2O/c18-14-3-6-17(16(19)11-14)20-15-4-1-13(2-5-15)12-21-7-9-22-10-8-21/h1-6,11,20H,7-10,12H2. The zero-order valence-electron chi connectivity index (χ0n) is 12.2. The Hall–Kier alpha value is -1.98. The third-order valence-electron chi connectivity index (χ3n) is 3.67. The van der Waals surface area contributed by atoms with Crippen LogP contribution in [0, 0.1) is 11.6 Å². The topological polar surface area (TPSA) is 24.5 Å². The van der Waals surface area contributed by atoms with E-state index in [0.717, 1.165) is 44.6 Å². The first-order chi connectivity index (χ1) is 10.7. The minimum atomic E-state index is -0.600. The average Bonchev–Trinajstić information content (AvgIpc) is 2.53. The van der Waals surface area contributed by atoms with Gasteiger partial charge in [0.25, 0.3) is 0 Å². The second-order valence-electron chi connectivity index (χ2n) is 5.33. The lowest BCUT2D eigenvalue weighted by Crippen LogP contribution is -2.35. The van der Waals surface area contributed by atoms with Crippen molar-refractivity contribution in [3.63, 3.8) is 0 Å². The molecule has 0 spiro atoms. The van der Waals surface area contributed by atoms with Crippen LogP contribution in [0.2, 0.25) is 0 Å². The van der Waals surface area contributed by atoms with Gasteiger partial charge in [-0.3, -0.25) is 4.90 Å². The molecule has 0 aliphatic carbocycles. The Kier molecular flexibility index (Phi) is 4.65. The summed E-state index contributed by atoms with van der Waals surface area (Å²) in [5.41, 5.74) is 2.24. The molecule has 1 fully saturated rings. The molecule has 0 aromatic heterocycles. The first kappa shape index (κ1) is 14.9. The third kappa shape index (κ3) is 3.81. The number of hydrogen-bond donors (Lipinski definition) is 1. The second kappa shape index (κ2) is 6.85. The van der Waals surface area contributed by atoms with Crippen molar-refractivity contribution in [1.82, 2.24) is 4.90 Å². The smallest absolute Gasteiger partial charge is 0.149 e. The minimum Gasteiger partial charge on any atom is -0.379 e. The van der Waals surface area contributed by atoms with E-state index < -0.39 is 11.6 Å². The maximum atomic E-state index is 13.6. The number of nitrogens with zero attached hydrogens (tertiary/aromatic N) is 1. The Labute approximate surface area is 128 Å². The summed E-state index contributed by atoms with van der Waals surface area (Å²) in [4.78, 5) is 2.34. The van der Waals surface area contributed by atoms with E-state index >= 15 is 0 Å². The first-order valence-electron chi connectivity index (χ1n) is 7.32. The summed E-state index contributed by atoms with van der Waals surface area (Å²) < 4.78 is 31.8. The fourth-order valence-electron chi connectivity index (χ4n) is 2.46. The van der Waals surface area contributed by atoms with E-state index in [0.29, 0.717) is 0 Å². The summed E-state index contributed by atoms with van der Waals surface area (Å²) in [5, 5.41) is 2.95. The molecule has 3 rings (SSSR count). The van der Waals surface area contributed by atoms with Crippen molar-refractivity contribution >= 4 is 11.4 Å². The fraction of sp³-hybridized carbons (Fsp3) is 0.294. The lowest BCUT2D eigenvalue weighted by molar-refractivity contribution is 0.0342. The molecule has 0 radical (unpaired) electrons. The largest absolute Gasteiger partial charge is 0.379 e. The Morgan fingerprint density at radius 3 is 2.41 bits per heavy atom. The SMILES string of the molecule is Fc1ccc(Nc2ccc(CN3CCOCC3)cc2)c(F)c1. The fourth-order valence-corrected chi connectivity index (χ4v) is 2.46. The molecule has 5 heteroatoms. The molecule has 116 valence electrons. The van der Waals surface area contributed by atoms with Crippen molar-refractivity contribution in [2.45, 2.75) is 6.54 Å². The maximum absolute atomic E-state index is 13.6. The third-order valence-corrected chi connectivity index (χ3v) is 3.67. The molecule has 1 saturated heterocycles. The Morgan fingerprint density at radius 2 is 1.73 bits per heavy atom. The van der Waals surface area contributed by atoms with Gasteiger partial charge in [0, 0.05) is 31.4 Å². The van der Waals surface area contributed by atoms with Crippen LogP contribution in [0.25, 0.3) is 0 Å². The van der Waals surface area contributed by atoms with Crippen molar-refractivity contribution in [2.24, 2.45) is 0 Å². The molecule has 22 heavy (non-hydrogen) atoms. The molecular formula is C17H18F2N2O. The predicted octanol–water partition coefficient (Wildman–Crippen LogP) is 3.54. The number of benzene rings is 2. The van der Waals surface area contributed by atoms with Gasteiger partial charge in [-0.1, -0.05) is 12.1 Å². The van der Waals surface area contributed by atoms with Gasteiger partial charge in [0.1, 0.15) is 11.6 Å². The van der Waals surface area contributed by atoms with Crippen LogP contribution in [0.5, 0.6) is 0 Å². The van der Waals surface area contributed by atoms with Crippen LogP contribution in [0.4, 0.5) is 20.2 Å². The zero-order valence-corrected chi connectivity index (χ0v) is 12.2. The van der Waals surface area contributed by atoms with Crippen LogP contribution < -0.4 is 5.32 Å². The lowest BCUT2D eigenvalue weighted by atomic mass is 10.2. The predicted molar refractivity (Wildman–Crippen MR) is 82.2 cm³/mol. The van der Waals surface area contributed by atoms with Crippen LogP contribution in [-0.4, -0.2) is 31.2 Å². The number of ether oxygens (including phenoxy) is 1. The number of anilines is 2. The number of rotatable bonds is 4. The summed E-state index contributed by atoms with van der Waals surface area (Å²) in [5.74, 6) is -1.18. The van der Waals surface area contributed by atoms with Crippen LogP contribution >= 0.6 is 0 Å². The molecule has 2 aromatic carbocycles. The Bertz CT molecular complexity index is 625. The van der Waals surface area contributed by atoms with E-state index in [1.165, 1.54) is 17.7 Å². The van der Waals surface area contributed by atoms with E-state index in [1.54, 1.807) is 0 Å². The van der Waals surface area contributed by atoms with E-state index in [1.807, 2.05) is 24.3 Å². The summed E-state index contributed by atoms with van der Waals surface area (Å²) >= 11 is 0. The maximum Gasteiger partial charge on any atom is 0.149 e. The van der Waals surface area contributed by atoms with Gasteiger partial charge >= 0.3 is 0 Å².